The first-order valence-corrected chi connectivity index (χ1v) is 8.46. The Morgan fingerprint density at radius 1 is 1.33 bits per heavy atom. The van der Waals surface area contributed by atoms with Crippen molar-refractivity contribution in [1.82, 2.24) is 4.57 Å². The van der Waals surface area contributed by atoms with Crippen LogP contribution < -0.4 is 10.3 Å². The van der Waals surface area contributed by atoms with Crippen LogP contribution in [0.25, 0.3) is 11.1 Å². The Kier molecular flexibility index (Phi) is 6.61. The highest BCUT2D eigenvalue weighted by molar-refractivity contribution is 6.31. The maximum Gasteiger partial charge on any atom is 0.326 e. The molecule has 0 saturated carbocycles. The summed E-state index contributed by atoms with van der Waals surface area (Å²) < 4.78 is 11.6. The summed E-state index contributed by atoms with van der Waals surface area (Å²) in [7, 11) is 2.87. The number of nitrogens with zero attached hydrogens (tertiary/aromatic N) is 2. The first-order chi connectivity index (χ1) is 12.8. The van der Waals surface area contributed by atoms with Gasteiger partial charge in [-0.3, -0.25) is 9.36 Å². The molecule has 2 rings (SSSR count). The SMILES string of the molecule is COc1cn(C(CC(C)OC)C(=O)O)c(=O)cc1-c1cc(Cl)ccc1C#N. The zero-order valence-electron chi connectivity index (χ0n) is 15.1. The lowest BCUT2D eigenvalue weighted by Gasteiger charge is -2.21. The molecule has 0 amide bonds. The molecule has 1 aromatic heterocycles. The fourth-order valence-corrected chi connectivity index (χ4v) is 2.90. The molecule has 8 heteroatoms. The van der Waals surface area contributed by atoms with Crippen molar-refractivity contribution in [2.24, 2.45) is 0 Å². The summed E-state index contributed by atoms with van der Waals surface area (Å²) in [6.45, 7) is 1.72. The van der Waals surface area contributed by atoms with Crippen LogP contribution in [0.3, 0.4) is 0 Å². The van der Waals surface area contributed by atoms with Crippen LogP contribution in [-0.4, -0.2) is 36.0 Å². The Bertz CT molecular complexity index is 948. The first kappa shape index (κ1) is 20.5. The van der Waals surface area contributed by atoms with Gasteiger partial charge in [0.25, 0.3) is 5.56 Å². The maximum atomic E-state index is 12.7. The normalized spacial score (nSPS) is 12.9. The number of halogens is 1. The Morgan fingerprint density at radius 3 is 2.59 bits per heavy atom. The summed E-state index contributed by atoms with van der Waals surface area (Å²) in [4.78, 5) is 24.4. The van der Waals surface area contributed by atoms with Gasteiger partial charge in [0.05, 0.1) is 31.0 Å². The second-order valence-corrected chi connectivity index (χ2v) is 6.38. The van der Waals surface area contributed by atoms with E-state index in [-0.39, 0.29) is 18.3 Å². The van der Waals surface area contributed by atoms with Gasteiger partial charge in [-0.2, -0.15) is 5.26 Å². The van der Waals surface area contributed by atoms with Crippen LogP contribution in [0.2, 0.25) is 5.02 Å². The van der Waals surface area contributed by atoms with Crippen molar-refractivity contribution < 1.29 is 19.4 Å². The van der Waals surface area contributed by atoms with Gasteiger partial charge in [-0.05, 0) is 25.1 Å². The molecule has 0 aliphatic rings. The molecule has 2 aromatic rings. The molecule has 27 heavy (non-hydrogen) atoms. The third-order valence-corrected chi connectivity index (χ3v) is 4.47. The zero-order valence-corrected chi connectivity index (χ0v) is 15.9. The maximum absolute atomic E-state index is 12.7. The molecule has 1 heterocycles. The Morgan fingerprint density at radius 2 is 2.04 bits per heavy atom. The van der Waals surface area contributed by atoms with Crippen molar-refractivity contribution in [3.63, 3.8) is 0 Å². The van der Waals surface area contributed by atoms with Gasteiger partial charge < -0.3 is 14.6 Å². The summed E-state index contributed by atoms with van der Waals surface area (Å²) in [5, 5.41) is 19.3. The third kappa shape index (κ3) is 4.48. The van der Waals surface area contributed by atoms with E-state index in [0.717, 1.165) is 4.57 Å². The number of aliphatic carboxylic acids is 1. The van der Waals surface area contributed by atoms with Gasteiger partial charge in [-0.15, -0.1) is 0 Å². The lowest BCUT2D eigenvalue weighted by Crippen LogP contribution is -2.32. The topological polar surface area (TPSA) is 102 Å². The third-order valence-electron chi connectivity index (χ3n) is 4.23. The van der Waals surface area contributed by atoms with Crippen LogP contribution >= 0.6 is 11.6 Å². The second kappa shape index (κ2) is 8.71. The fourth-order valence-electron chi connectivity index (χ4n) is 2.73. The number of carboxylic acid groups (broad SMARTS) is 1. The van der Waals surface area contributed by atoms with Gasteiger partial charge in [-0.25, -0.2) is 4.79 Å². The van der Waals surface area contributed by atoms with E-state index in [0.29, 0.717) is 21.7 Å². The van der Waals surface area contributed by atoms with Gasteiger partial charge in [0.2, 0.25) is 0 Å². The number of carbonyl (C=O) groups is 1. The molecule has 7 nitrogen and oxygen atoms in total. The average molecular weight is 391 g/mol. The number of carboxylic acids is 1. The average Bonchev–Trinajstić information content (AvgIpc) is 2.65. The Hall–Kier alpha value is -2.82. The number of rotatable bonds is 7. The highest BCUT2D eigenvalue weighted by Gasteiger charge is 2.25. The van der Waals surface area contributed by atoms with Gasteiger partial charge in [0, 0.05) is 35.7 Å². The molecule has 2 unspecified atom stereocenters. The van der Waals surface area contributed by atoms with E-state index in [9.17, 15) is 20.0 Å². The van der Waals surface area contributed by atoms with E-state index in [1.807, 2.05) is 6.07 Å². The van der Waals surface area contributed by atoms with Crippen LogP contribution in [0.5, 0.6) is 5.75 Å². The highest BCUT2D eigenvalue weighted by Crippen LogP contribution is 2.33. The molecule has 0 aliphatic carbocycles. The zero-order chi connectivity index (χ0) is 20.1. The highest BCUT2D eigenvalue weighted by atomic mass is 35.5. The summed E-state index contributed by atoms with van der Waals surface area (Å²) in [5.41, 5.74) is 0.577. The Balaban J connectivity index is 2.65. The molecule has 2 atom stereocenters. The number of methoxy groups -OCH3 is 2. The minimum Gasteiger partial charge on any atom is -0.495 e. The largest absolute Gasteiger partial charge is 0.495 e. The molecule has 0 bridgehead atoms. The van der Waals surface area contributed by atoms with E-state index < -0.39 is 17.6 Å². The molecular formula is C19H19ClN2O5. The number of hydrogen-bond donors (Lipinski definition) is 1. The van der Waals surface area contributed by atoms with Crippen molar-refractivity contribution in [3.05, 3.63) is 51.4 Å². The number of hydrogen-bond acceptors (Lipinski definition) is 5. The van der Waals surface area contributed by atoms with Crippen molar-refractivity contribution in [3.8, 4) is 22.9 Å². The van der Waals surface area contributed by atoms with Gasteiger partial charge in [0.15, 0.2) is 0 Å². The minimum absolute atomic E-state index is 0.106. The lowest BCUT2D eigenvalue weighted by molar-refractivity contribution is -0.142. The fraction of sp³-hybridized carbons (Fsp3) is 0.316. The number of ether oxygens (including phenoxy) is 2. The number of nitriles is 1. The molecule has 0 spiro atoms. The van der Waals surface area contributed by atoms with E-state index >= 15 is 0 Å². The van der Waals surface area contributed by atoms with Crippen LogP contribution in [0.4, 0.5) is 0 Å². The second-order valence-electron chi connectivity index (χ2n) is 5.94. The lowest BCUT2D eigenvalue weighted by atomic mass is 10.00. The standard InChI is InChI=1S/C19H19ClN2O5/c1-11(26-2)6-16(19(24)25)22-10-17(27-3)15(8-18(22)23)14-7-13(20)5-4-12(14)9-21/h4-5,7-8,10-11,16H,6H2,1-3H3,(H,24,25). The molecule has 0 aliphatic heterocycles. The van der Waals surface area contributed by atoms with Gasteiger partial charge >= 0.3 is 5.97 Å². The van der Waals surface area contributed by atoms with Crippen LogP contribution in [-0.2, 0) is 9.53 Å². The molecule has 0 radical (unpaired) electrons. The molecule has 142 valence electrons. The summed E-state index contributed by atoms with van der Waals surface area (Å²) in [6, 6.07) is 6.85. The minimum atomic E-state index is -1.16. The van der Waals surface area contributed by atoms with Crippen molar-refractivity contribution in [1.29, 1.82) is 5.26 Å². The predicted octanol–water partition coefficient (Wildman–Crippen LogP) is 3.10. The molecule has 1 aromatic carbocycles. The van der Waals surface area contributed by atoms with E-state index in [1.54, 1.807) is 25.1 Å². The van der Waals surface area contributed by atoms with Crippen LogP contribution in [0.15, 0.2) is 35.3 Å². The molecule has 1 N–H and O–H groups in total. The van der Waals surface area contributed by atoms with Crippen molar-refractivity contribution in [2.45, 2.75) is 25.5 Å². The first-order valence-electron chi connectivity index (χ1n) is 8.08. The molecular weight excluding hydrogens is 372 g/mol. The summed E-state index contributed by atoms with van der Waals surface area (Å²) >= 11 is 6.03. The van der Waals surface area contributed by atoms with Crippen LogP contribution in [0, 0.1) is 11.3 Å². The number of aromatic nitrogens is 1. The molecule has 0 saturated heterocycles. The van der Waals surface area contributed by atoms with E-state index in [1.165, 1.54) is 26.5 Å². The van der Waals surface area contributed by atoms with Crippen molar-refractivity contribution >= 4 is 17.6 Å². The number of pyridine rings is 1. The quantitative estimate of drug-likeness (QED) is 0.779. The number of benzene rings is 1. The van der Waals surface area contributed by atoms with E-state index in [4.69, 9.17) is 21.1 Å². The Labute approximate surface area is 161 Å². The van der Waals surface area contributed by atoms with Crippen LogP contribution in [0.1, 0.15) is 24.9 Å². The van der Waals surface area contributed by atoms with Gasteiger partial charge in [0.1, 0.15) is 11.8 Å². The molecule has 0 fully saturated rings. The van der Waals surface area contributed by atoms with Gasteiger partial charge in [-0.1, -0.05) is 11.6 Å². The smallest absolute Gasteiger partial charge is 0.326 e. The van der Waals surface area contributed by atoms with E-state index in [2.05, 4.69) is 0 Å². The monoisotopic (exact) mass is 390 g/mol. The predicted molar refractivity (Wildman–Crippen MR) is 100 cm³/mol. The summed E-state index contributed by atoms with van der Waals surface area (Å²) in [5.74, 6) is -0.902. The van der Waals surface area contributed by atoms with Crippen molar-refractivity contribution in [2.75, 3.05) is 14.2 Å². The summed E-state index contributed by atoms with van der Waals surface area (Å²) in [6.07, 6.45) is 1.08.